The SMILES string of the molecule is Cc1ccc(NC(=O)C2CC2)cc1-c1ccc(C(=O)Nc2ccc(-n3cncn3)cc2)cc1. The second-order valence-electron chi connectivity index (χ2n) is 8.21. The Balaban J connectivity index is 1.28. The number of hydrogen-bond acceptors (Lipinski definition) is 4. The maximum atomic E-state index is 12.7. The largest absolute Gasteiger partial charge is 0.326 e. The first kappa shape index (κ1) is 20.6. The number of rotatable bonds is 6. The molecular weight excluding hydrogens is 414 g/mol. The van der Waals surface area contributed by atoms with Gasteiger partial charge in [-0.1, -0.05) is 18.2 Å². The van der Waals surface area contributed by atoms with Gasteiger partial charge >= 0.3 is 0 Å². The Bertz CT molecular complexity index is 1290. The van der Waals surface area contributed by atoms with E-state index in [-0.39, 0.29) is 17.7 Å². The third-order valence-corrected chi connectivity index (χ3v) is 5.72. The summed E-state index contributed by atoms with van der Waals surface area (Å²) in [6, 6.07) is 20.8. The van der Waals surface area contributed by atoms with Gasteiger partial charge < -0.3 is 10.6 Å². The summed E-state index contributed by atoms with van der Waals surface area (Å²) in [6.07, 6.45) is 5.04. The first-order chi connectivity index (χ1) is 16.1. The van der Waals surface area contributed by atoms with Crippen LogP contribution in [0.4, 0.5) is 11.4 Å². The highest BCUT2D eigenvalue weighted by molar-refractivity contribution is 6.04. The number of aryl methyl sites for hydroxylation is 1. The summed E-state index contributed by atoms with van der Waals surface area (Å²) in [5.74, 6) is 0.0645. The van der Waals surface area contributed by atoms with Crippen molar-refractivity contribution in [3.8, 4) is 16.8 Å². The molecule has 33 heavy (non-hydrogen) atoms. The van der Waals surface area contributed by atoms with Gasteiger partial charge in [0.25, 0.3) is 5.91 Å². The number of nitrogens with zero attached hydrogens (tertiary/aromatic N) is 3. The molecule has 0 bridgehead atoms. The number of benzene rings is 3. The normalized spacial score (nSPS) is 12.9. The van der Waals surface area contributed by atoms with Gasteiger partial charge in [0, 0.05) is 22.9 Å². The summed E-state index contributed by atoms with van der Waals surface area (Å²) < 4.78 is 1.65. The van der Waals surface area contributed by atoms with Crippen LogP contribution in [0.1, 0.15) is 28.8 Å². The van der Waals surface area contributed by atoms with Crippen LogP contribution in [0.25, 0.3) is 16.8 Å². The fraction of sp³-hybridized carbons (Fsp3) is 0.154. The smallest absolute Gasteiger partial charge is 0.255 e. The van der Waals surface area contributed by atoms with E-state index in [2.05, 4.69) is 20.7 Å². The molecule has 5 rings (SSSR count). The van der Waals surface area contributed by atoms with Crippen LogP contribution in [0.5, 0.6) is 0 Å². The molecule has 0 radical (unpaired) electrons. The number of anilines is 2. The highest BCUT2D eigenvalue weighted by Crippen LogP contribution is 2.32. The van der Waals surface area contributed by atoms with Gasteiger partial charge in [0.05, 0.1) is 5.69 Å². The number of carbonyl (C=O) groups is 2. The first-order valence-corrected chi connectivity index (χ1v) is 10.9. The molecule has 3 aromatic carbocycles. The highest BCUT2D eigenvalue weighted by Gasteiger charge is 2.29. The molecule has 164 valence electrons. The van der Waals surface area contributed by atoms with Crippen molar-refractivity contribution < 1.29 is 9.59 Å². The fourth-order valence-electron chi connectivity index (χ4n) is 3.64. The van der Waals surface area contributed by atoms with Crippen LogP contribution in [-0.2, 0) is 4.79 Å². The second kappa shape index (κ2) is 8.70. The van der Waals surface area contributed by atoms with E-state index >= 15 is 0 Å². The standard InChI is InChI=1S/C26H23N5O2/c1-17-2-9-22(30-26(33)20-7-8-20)14-24(17)18-3-5-19(6-4-18)25(32)29-21-10-12-23(13-11-21)31-16-27-15-28-31/h2-6,9-16,20H,7-8H2,1H3,(H,29,32)(H,30,33). The molecule has 1 saturated carbocycles. The molecule has 2 amide bonds. The van der Waals surface area contributed by atoms with Crippen LogP contribution in [0.2, 0.25) is 0 Å². The molecular formula is C26H23N5O2. The van der Waals surface area contributed by atoms with Crippen molar-refractivity contribution in [3.63, 3.8) is 0 Å². The molecule has 1 fully saturated rings. The second-order valence-corrected chi connectivity index (χ2v) is 8.21. The first-order valence-electron chi connectivity index (χ1n) is 10.9. The number of amides is 2. The molecule has 1 heterocycles. The summed E-state index contributed by atoms with van der Waals surface area (Å²) >= 11 is 0. The summed E-state index contributed by atoms with van der Waals surface area (Å²) in [5, 5.41) is 10.0. The van der Waals surface area contributed by atoms with E-state index in [1.807, 2.05) is 73.7 Å². The van der Waals surface area contributed by atoms with Gasteiger partial charge in [0.15, 0.2) is 0 Å². The highest BCUT2D eigenvalue weighted by atomic mass is 16.2. The van der Waals surface area contributed by atoms with E-state index in [9.17, 15) is 9.59 Å². The minimum atomic E-state index is -0.183. The van der Waals surface area contributed by atoms with Crippen molar-refractivity contribution in [1.82, 2.24) is 14.8 Å². The van der Waals surface area contributed by atoms with E-state index in [1.54, 1.807) is 11.0 Å². The molecule has 7 heteroatoms. The van der Waals surface area contributed by atoms with E-state index in [4.69, 9.17) is 0 Å². The predicted octanol–water partition coefficient (Wildman–Crippen LogP) is 4.84. The average Bonchev–Trinajstić information content (AvgIpc) is 3.55. The molecule has 0 aliphatic heterocycles. The lowest BCUT2D eigenvalue weighted by Crippen LogP contribution is -2.13. The summed E-state index contributed by atoms with van der Waals surface area (Å²) in [7, 11) is 0. The molecule has 7 nitrogen and oxygen atoms in total. The van der Waals surface area contributed by atoms with Gasteiger partial charge in [-0.3, -0.25) is 9.59 Å². The number of hydrogen-bond donors (Lipinski definition) is 2. The Morgan fingerprint density at radius 2 is 1.64 bits per heavy atom. The zero-order chi connectivity index (χ0) is 22.8. The van der Waals surface area contributed by atoms with Gasteiger partial charge in [-0.15, -0.1) is 0 Å². The van der Waals surface area contributed by atoms with E-state index in [1.165, 1.54) is 6.33 Å². The molecule has 1 aliphatic rings. The van der Waals surface area contributed by atoms with Gasteiger partial charge in [0.2, 0.25) is 5.91 Å². The van der Waals surface area contributed by atoms with Crippen LogP contribution < -0.4 is 10.6 Å². The summed E-state index contributed by atoms with van der Waals surface area (Å²) in [4.78, 5) is 28.7. The Morgan fingerprint density at radius 3 is 2.30 bits per heavy atom. The third-order valence-electron chi connectivity index (χ3n) is 5.72. The Labute approximate surface area is 191 Å². The van der Waals surface area contributed by atoms with E-state index in [0.717, 1.165) is 40.9 Å². The zero-order valence-corrected chi connectivity index (χ0v) is 18.2. The van der Waals surface area contributed by atoms with Crippen LogP contribution in [-0.4, -0.2) is 26.6 Å². The Kier molecular flexibility index (Phi) is 5.44. The lowest BCUT2D eigenvalue weighted by atomic mass is 9.98. The zero-order valence-electron chi connectivity index (χ0n) is 18.2. The van der Waals surface area contributed by atoms with Gasteiger partial charge in [0.1, 0.15) is 12.7 Å². The van der Waals surface area contributed by atoms with Crippen molar-refractivity contribution in [1.29, 1.82) is 0 Å². The molecule has 0 spiro atoms. The molecule has 0 unspecified atom stereocenters. The van der Waals surface area contributed by atoms with Crippen molar-refractivity contribution in [2.75, 3.05) is 10.6 Å². The molecule has 1 aliphatic carbocycles. The number of carbonyl (C=O) groups excluding carboxylic acids is 2. The van der Waals surface area contributed by atoms with Gasteiger partial charge in [-0.05, 0) is 85.0 Å². The summed E-state index contributed by atoms with van der Waals surface area (Å²) in [5.41, 5.74) is 6.04. The van der Waals surface area contributed by atoms with Crippen LogP contribution in [0.3, 0.4) is 0 Å². The molecule has 2 N–H and O–H groups in total. The van der Waals surface area contributed by atoms with Crippen molar-refractivity contribution in [2.24, 2.45) is 5.92 Å². The Hall–Kier alpha value is -4.26. The van der Waals surface area contributed by atoms with Gasteiger partial charge in [-0.25, -0.2) is 9.67 Å². The minimum absolute atomic E-state index is 0.0890. The van der Waals surface area contributed by atoms with Crippen molar-refractivity contribution in [2.45, 2.75) is 19.8 Å². The Morgan fingerprint density at radius 1 is 0.909 bits per heavy atom. The third kappa shape index (κ3) is 4.67. The van der Waals surface area contributed by atoms with E-state index in [0.29, 0.717) is 11.3 Å². The van der Waals surface area contributed by atoms with Crippen molar-refractivity contribution >= 4 is 23.2 Å². The summed E-state index contributed by atoms with van der Waals surface area (Å²) in [6.45, 7) is 2.03. The molecule has 0 atom stereocenters. The van der Waals surface area contributed by atoms with Crippen LogP contribution in [0.15, 0.2) is 79.4 Å². The lowest BCUT2D eigenvalue weighted by Gasteiger charge is -2.11. The topological polar surface area (TPSA) is 88.9 Å². The molecule has 0 saturated heterocycles. The maximum absolute atomic E-state index is 12.7. The average molecular weight is 438 g/mol. The van der Waals surface area contributed by atoms with Crippen LogP contribution in [0, 0.1) is 12.8 Å². The van der Waals surface area contributed by atoms with E-state index < -0.39 is 0 Å². The molecule has 1 aromatic heterocycles. The van der Waals surface area contributed by atoms with Crippen molar-refractivity contribution in [3.05, 3.63) is 90.5 Å². The number of aromatic nitrogens is 3. The maximum Gasteiger partial charge on any atom is 0.255 e. The molecule has 4 aromatic rings. The predicted molar refractivity (Wildman–Crippen MR) is 127 cm³/mol. The number of nitrogens with one attached hydrogen (secondary N) is 2. The van der Waals surface area contributed by atoms with Gasteiger partial charge in [-0.2, -0.15) is 5.10 Å². The quantitative estimate of drug-likeness (QED) is 0.452. The monoisotopic (exact) mass is 437 g/mol. The fourth-order valence-corrected chi connectivity index (χ4v) is 3.64. The van der Waals surface area contributed by atoms with Crippen LogP contribution >= 0.6 is 0 Å². The minimum Gasteiger partial charge on any atom is -0.326 e. The lowest BCUT2D eigenvalue weighted by molar-refractivity contribution is -0.117.